The summed E-state index contributed by atoms with van der Waals surface area (Å²) >= 11 is 0. The van der Waals surface area contributed by atoms with Crippen molar-refractivity contribution in [1.29, 1.82) is 0 Å². The van der Waals surface area contributed by atoms with Crippen molar-refractivity contribution in [2.45, 2.75) is 32.8 Å². The van der Waals surface area contributed by atoms with E-state index in [9.17, 15) is 0 Å². The molecule has 2 heterocycles. The quantitative estimate of drug-likeness (QED) is 0.477. The normalized spacial score (nSPS) is 11.7. The van der Waals surface area contributed by atoms with Crippen LogP contribution in [0.5, 0.6) is 5.75 Å². The lowest BCUT2D eigenvalue weighted by Crippen LogP contribution is -2.18. The van der Waals surface area contributed by atoms with Crippen molar-refractivity contribution in [2.24, 2.45) is 0 Å². The minimum absolute atomic E-state index is 0.0712. The second kappa shape index (κ2) is 6.88. The zero-order valence-corrected chi connectivity index (χ0v) is 15.8. The molecule has 0 spiro atoms. The molecule has 0 saturated heterocycles. The molecular formula is C23H22N2O2. The number of fused-ring (bicyclic) bond motifs is 1. The summed E-state index contributed by atoms with van der Waals surface area (Å²) in [6, 6.07) is 20.6. The standard InChI is InChI=1S/C23H22N2O2/c1-16-6-8-17(9-7-16)23(2,3)18-10-12-19(13-11-18)26-15-21-25-22-20(27-21)5-4-14-24-22/h4-14H,15H2,1-3H3. The molecule has 0 aliphatic heterocycles. The zero-order chi connectivity index (χ0) is 18.9. The molecule has 0 unspecified atom stereocenters. The highest BCUT2D eigenvalue weighted by Crippen LogP contribution is 2.32. The molecule has 0 bridgehead atoms. The van der Waals surface area contributed by atoms with Crippen LogP contribution in [0.25, 0.3) is 11.2 Å². The third-order valence-corrected chi connectivity index (χ3v) is 4.92. The first-order valence-corrected chi connectivity index (χ1v) is 9.03. The summed E-state index contributed by atoms with van der Waals surface area (Å²) < 4.78 is 11.5. The summed E-state index contributed by atoms with van der Waals surface area (Å²) in [7, 11) is 0. The van der Waals surface area contributed by atoms with Gasteiger partial charge >= 0.3 is 0 Å². The molecule has 0 amide bonds. The number of pyridine rings is 1. The molecule has 2 aromatic carbocycles. The van der Waals surface area contributed by atoms with Gasteiger partial charge in [0.25, 0.3) is 0 Å². The van der Waals surface area contributed by atoms with E-state index in [0.717, 1.165) is 5.75 Å². The number of aromatic nitrogens is 2. The van der Waals surface area contributed by atoms with Gasteiger partial charge < -0.3 is 9.15 Å². The van der Waals surface area contributed by atoms with Crippen molar-refractivity contribution in [2.75, 3.05) is 0 Å². The van der Waals surface area contributed by atoms with Gasteiger partial charge in [0.1, 0.15) is 5.75 Å². The molecule has 4 heteroatoms. The summed E-state index contributed by atoms with van der Waals surface area (Å²) in [4.78, 5) is 8.50. The Bertz CT molecular complexity index is 1010. The Balaban J connectivity index is 1.47. The summed E-state index contributed by atoms with van der Waals surface area (Å²) in [6.45, 7) is 6.85. The van der Waals surface area contributed by atoms with Gasteiger partial charge in [-0.15, -0.1) is 0 Å². The molecule has 0 aliphatic rings. The maximum atomic E-state index is 5.83. The highest BCUT2D eigenvalue weighted by atomic mass is 16.5. The molecule has 0 aliphatic carbocycles. The van der Waals surface area contributed by atoms with Crippen molar-refractivity contribution >= 4 is 11.2 Å². The van der Waals surface area contributed by atoms with Gasteiger partial charge in [0.05, 0.1) is 0 Å². The minimum atomic E-state index is -0.0712. The van der Waals surface area contributed by atoms with Crippen LogP contribution in [0, 0.1) is 6.92 Å². The van der Waals surface area contributed by atoms with Crippen LogP contribution in [0.4, 0.5) is 0 Å². The number of oxazole rings is 1. The van der Waals surface area contributed by atoms with Gasteiger partial charge in [0.2, 0.25) is 5.89 Å². The lowest BCUT2D eigenvalue weighted by molar-refractivity contribution is 0.267. The van der Waals surface area contributed by atoms with E-state index in [1.807, 2.05) is 24.3 Å². The molecule has 0 saturated carbocycles. The maximum absolute atomic E-state index is 5.83. The van der Waals surface area contributed by atoms with E-state index in [2.05, 4.69) is 67.1 Å². The van der Waals surface area contributed by atoms with Gasteiger partial charge in [-0.05, 0) is 42.3 Å². The van der Waals surface area contributed by atoms with Crippen molar-refractivity contribution < 1.29 is 9.15 Å². The highest BCUT2D eigenvalue weighted by molar-refractivity contribution is 5.66. The molecule has 0 fully saturated rings. The molecule has 136 valence electrons. The van der Waals surface area contributed by atoms with Crippen LogP contribution < -0.4 is 4.74 Å². The van der Waals surface area contributed by atoms with Gasteiger partial charge in [0, 0.05) is 11.6 Å². The smallest absolute Gasteiger partial charge is 0.235 e. The molecule has 4 nitrogen and oxygen atoms in total. The van der Waals surface area contributed by atoms with Crippen molar-refractivity contribution in [3.63, 3.8) is 0 Å². The number of rotatable bonds is 5. The third-order valence-electron chi connectivity index (χ3n) is 4.92. The van der Waals surface area contributed by atoms with Gasteiger partial charge in [-0.2, -0.15) is 4.98 Å². The zero-order valence-electron chi connectivity index (χ0n) is 15.8. The lowest BCUT2D eigenvalue weighted by Gasteiger charge is -2.26. The number of nitrogens with zero attached hydrogens (tertiary/aromatic N) is 2. The Morgan fingerprint density at radius 3 is 2.26 bits per heavy atom. The number of benzene rings is 2. The Kier molecular flexibility index (Phi) is 4.40. The van der Waals surface area contributed by atoms with Gasteiger partial charge in [-0.25, -0.2) is 4.98 Å². The number of ether oxygens (including phenoxy) is 1. The summed E-state index contributed by atoms with van der Waals surface area (Å²) in [5.74, 6) is 1.31. The second-order valence-electron chi connectivity index (χ2n) is 7.24. The number of hydrogen-bond donors (Lipinski definition) is 0. The van der Waals surface area contributed by atoms with E-state index in [1.165, 1.54) is 16.7 Å². The Morgan fingerprint density at radius 1 is 0.926 bits per heavy atom. The number of aryl methyl sites for hydroxylation is 1. The fourth-order valence-corrected chi connectivity index (χ4v) is 3.13. The van der Waals surface area contributed by atoms with Crippen molar-refractivity contribution in [1.82, 2.24) is 9.97 Å². The van der Waals surface area contributed by atoms with E-state index < -0.39 is 0 Å². The summed E-state index contributed by atoms with van der Waals surface area (Å²) in [5.41, 5.74) is 5.01. The molecule has 0 radical (unpaired) electrons. The van der Waals surface area contributed by atoms with Crippen LogP contribution in [0.15, 0.2) is 71.3 Å². The predicted molar refractivity (Wildman–Crippen MR) is 106 cm³/mol. The molecule has 0 N–H and O–H groups in total. The maximum Gasteiger partial charge on any atom is 0.235 e. The Morgan fingerprint density at radius 2 is 1.59 bits per heavy atom. The molecule has 4 rings (SSSR count). The van der Waals surface area contributed by atoms with Crippen LogP contribution in [-0.4, -0.2) is 9.97 Å². The van der Waals surface area contributed by atoms with Gasteiger partial charge in [0.15, 0.2) is 17.8 Å². The van der Waals surface area contributed by atoms with E-state index in [1.54, 1.807) is 6.20 Å². The largest absolute Gasteiger partial charge is 0.484 e. The molecule has 27 heavy (non-hydrogen) atoms. The van der Waals surface area contributed by atoms with E-state index >= 15 is 0 Å². The Hall–Kier alpha value is -3.14. The van der Waals surface area contributed by atoms with E-state index in [0.29, 0.717) is 17.1 Å². The van der Waals surface area contributed by atoms with Crippen LogP contribution in [-0.2, 0) is 12.0 Å². The third kappa shape index (κ3) is 3.56. The van der Waals surface area contributed by atoms with Gasteiger partial charge in [-0.1, -0.05) is 55.8 Å². The molecule has 2 aromatic heterocycles. The first kappa shape index (κ1) is 17.3. The fraction of sp³-hybridized carbons (Fsp3) is 0.217. The first-order valence-electron chi connectivity index (χ1n) is 9.03. The van der Waals surface area contributed by atoms with Crippen LogP contribution in [0.1, 0.15) is 36.4 Å². The average Bonchev–Trinajstić information content (AvgIpc) is 3.10. The van der Waals surface area contributed by atoms with Gasteiger partial charge in [-0.3, -0.25) is 0 Å². The predicted octanol–water partition coefficient (Wildman–Crippen LogP) is 5.44. The molecule has 0 atom stereocenters. The minimum Gasteiger partial charge on any atom is -0.484 e. The lowest BCUT2D eigenvalue weighted by atomic mass is 9.78. The SMILES string of the molecule is Cc1ccc(C(C)(C)c2ccc(OCc3nc4ncccc4o3)cc2)cc1. The topological polar surface area (TPSA) is 48.2 Å². The summed E-state index contributed by atoms with van der Waals surface area (Å²) in [6.07, 6.45) is 1.70. The highest BCUT2D eigenvalue weighted by Gasteiger charge is 2.22. The summed E-state index contributed by atoms with van der Waals surface area (Å²) in [5, 5.41) is 0. The van der Waals surface area contributed by atoms with Crippen LogP contribution in [0.3, 0.4) is 0 Å². The van der Waals surface area contributed by atoms with E-state index in [-0.39, 0.29) is 12.0 Å². The first-order chi connectivity index (χ1) is 13.0. The molecular weight excluding hydrogens is 336 g/mol. The van der Waals surface area contributed by atoms with Crippen LogP contribution in [0.2, 0.25) is 0 Å². The van der Waals surface area contributed by atoms with Crippen molar-refractivity contribution in [3.8, 4) is 5.75 Å². The average molecular weight is 358 g/mol. The molecule has 4 aromatic rings. The second-order valence-corrected chi connectivity index (χ2v) is 7.24. The monoisotopic (exact) mass is 358 g/mol. The Labute approximate surface area is 158 Å². The van der Waals surface area contributed by atoms with Crippen molar-refractivity contribution in [3.05, 3.63) is 89.4 Å². The fourth-order valence-electron chi connectivity index (χ4n) is 3.13. The van der Waals surface area contributed by atoms with E-state index in [4.69, 9.17) is 9.15 Å². The van der Waals surface area contributed by atoms with Crippen LogP contribution >= 0.6 is 0 Å². The number of hydrogen-bond acceptors (Lipinski definition) is 4.